The van der Waals surface area contributed by atoms with Crippen LogP contribution in [-0.4, -0.2) is 69.5 Å². The topological polar surface area (TPSA) is 117 Å². The zero-order valence-electron chi connectivity index (χ0n) is 18.4. The molecule has 174 valence electrons. The summed E-state index contributed by atoms with van der Waals surface area (Å²) < 4.78 is 16.1. The van der Waals surface area contributed by atoms with Crippen LogP contribution in [0.2, 0.25) is 0 Å². The van der Waals surface area contributed by atoms with E-state index in [9.17, 15) is 18.8 Å². The third kappa shape index (κ3) is 3.82. The predicted molar refractivity (Wildman–Crippen MR) is 118 cm³/mol. The first kappa shape index (κ1) is 21.4. The van der Waals surface area contributed by atoms with Gasteiger partial charge >= 0.3 is 0 Å². The Kier molecular flexibility index (Phi) is 5.28. The molecule has 10 nitrogen and oxygen atoms in total. The van der Waals surface area contributed by atoms with Gasteiger partial charge in [-0.1, -0.05) is 0 Å². The van der Waals surface area contributed by atoms with E-state index in [1.54, 1.807) is 17.9 Å². The Morgan fingerprint density at radius 3 is 2.61 bits per heavy atom. The van der Waals surface area contributed by atoms with Crippen molar-refractivity contribution in [3.63, 3.8) is 0 Å². The van der Waals surface area contributed by atoms with E-state index in [0.717, 1.165) is 24.2 Å². The first-order valence-electron chi connectivity index (χ1n) is 11.0. The molecule has 0 saturated carbocycles. The summed E-state index contributed by atoms with van der Waals surface area (Å²) in [5.41, 5.74) is 8.75. The Balaban J connectivity index is 1.32. The molecular weight excluding hydrogens is 429 g/mol. The first-order chi connectivity index (χ1) is 15.8. The summed E-state index contributed by atoms with van der Waals surface area (Å²) in [6, 6.07) is 1.99. The molecule has 0 aliphatic carbocycles. The van der Waals surface area contributed by atoms with Crippen molar-refractivity contribution in [3.05, 3.63) is 40.8 Å². The highest BCUT2D eigenvalue weighted by Crippen LogP contribution is 2.35. The maximum atomic E-state index is 14.5. The van der Waals surface area contributed by atoms with Crippen molar-refractivity contribution in [2.45, 2.75) is 32.0 Å². The summed E-state index contributed by atoms with van der Waals surface area (Å²) in [7, 11) is 1.81. The van der Waals surface area contributed by atoms with Crippen LogP contribution in [0.25, 0.3) is 0 Å². The number of fused-ring (bicyclic) bond motifs is 1. The number of nitrogens with zero attached hydrogens (tertiary/aromatic N) is 5. The molecule has 11 heteroatoms. The number of aryl methyl sites for hydroxylation is 1. The number of amides is 3. The number of hydrogen-bond donors (Lipinski definition) is 2. The number of carbonyl (C=O) groups excluding carboxylic acids is 3. The summed E-state index contributed by atoms with van der Waals surface area (Å²) in [6.07, 6.45) is 2.23. The van der Waals surface area contributed by atoms with Crippen molar-refractivity contribution in [2.75, 3.05) is 36.8 Å². The second kappa shape index (κ2) is 8.14. The molecule has 0 bridgehead atoms. The number of rotatable bonds is 4. The number of nitrogen functional groups attached to an aromatic ring is 1. The lowest BCUT2D eigenvalue weighted by Gasteiger charge is -2.37. The Bertz CT molecular complexity index is 1140. The number of nitrogens with one attached hydrogen (secondary N) is 1. The van der Waals surface area contributed by atoms with Gasteiger partial charge in [0, 0.05) is 75.1 Å². The number of benzene rings is 1. The van der Waals surface area contributed by atoms with Crippen molar-refractivity contribution in [2.24, 2.45) is 7.05 Å². The van der Waals surface area contributed by atoms with Crippen LogP contribution in [0.5, 0.6) is 0 Å². The van der Waals surface area contributed by atoms with Crippen molar-refractivity contribution in [3.8, 4) is 0 Å². The number of carbonyl (C=O) groups is 3. The van der Waals surface area contributed by atoms with E-state index >= 15 is 0 Å². The van der Waals surface area contributed by atoms with Crippen molar-refractivity contribution < 1.29 is 18.8 Å². The van der Waals surface area contributed by atoms with Crippen LogP contribution in [0.1, 0.15) is 34.3 Å². The zero-order valence-corrected chi connectivity index (χ0v) is 18.4. The van der Waals surface area contributed by atoms with Gasteiger partial charge in [-0.15, -0.1) is 0 Å². The molecule has 2 fully saturated rings. The number of piperazine rings is 1. The fraction of sp³-hybridized carbons (Fsp3) is 0.455. The molecule has 3 aliphatic heterocycles. The monoisotopic (exact) mass is 455 g/mol. The van der Waals surface area contributed by atoms with E-state index in [1.807, 2.05) is 0 Å². The van der Waals surface area contributed by atoms with Gasteiger partial charge in [0.1, 0.15) is 17.7 Å². The summed E-state index contributed by atoms with van der Waals surface area (Å²) in [4.78, 5) is 42.7. The van der Waals surface area contributed by atoms with E-state index in [-0.39, 0.29) is 31.2 Å². The van der Waals surface area contributed by atoms with Gasteiger partial charge in [0.05, 0.1) is 6.20 Å². The quantitative estimate of drug-likeness (QED) is 0.634. The Labute approximate surface area is 190 Å². The molecule has 2 aromatic rings. The molecule has 4 heterocycles. The van der Waals surface area contributed by atoms with Crippen LogP contribution < -0.4 is 16.0 Å². The second-order valence-corrected chi connectivity index (χ2v) is 8.79. The number of imide groups is 1. The lowest BCUT2D eigenvalue weighted by molar-refractivity contribution is -0.136. The maximum Gasteiger partial charge on any atom is 0.255 e. The van der Waals surface area contributed by atoms with Crippen LogP contribution in [0.15, 0.2) is 18.3 Å². The molecular formula is C22H26FN7O3. The van der Waals surface area contributed by atoms with Gasteiger partial charge in [0.25, 0.3) is 5.91 Å². The van der Waals surface area contributed by atoms with Crippen LogP contribution in [0.3, 0.4) is 0 Å². The molecule has 1 atom stereocenters. The van der Waals surface area contributed by atoms with Gasteiger partial charge in [0.2, 0.25) is 11.8 Å². The molecule has 3 N–H and O–H groups in total. The van der Waals surface area contributed by atoms with Gasteiger partial charge in [-0.25, -0.2) is 4.39 Å². The fourth-order valence-electron chi connectivity index (χ4n) is 4.89. The van der Waals surface area contributed by atoms with E-state index in [0.29, 0.717) is 36.7 Å². The average molecular weight is 455 g/mol. The van der Waals surface area contributed by atoms with E-state index < -0.39 is 17.8 Å². The van der Waals surface area contributed by atoms with Crippen LogP contribution in [0.4, 0.5) is 15.9 Å². The number of anilines is 2. The lowest BCUT2D eigenvalue weighted by atomic mass is 10.0. The molecule has 33 heavy (non-hydrogen) atoms. The lowest BCUT2D eigenvalue weighted by Crippen LogP contribution is -2.52. The minimum atomic E-state index is -0.722. The number of halogens is 1. The van der Waals surface area contributed by atoms with Crippen molar-refractivity contribution in [1.29, 1.82) is 0 Å². The first-order valence-corrected chi connectivity index (χ1v) is 11.0. The Morgan fingerprint density at radius 2 is 1.94 bits per heavy atom. The minimum Gasteiger partial charge on any atom is -0.384 e. The molecule has 3 amide bonds. The second-order valence-electron chi connectivity index (χ2n) is 8.79. The van der Waals surface area contributed by atoms with Crippen LogP contribution >= 0.6 is 0 Å². The van der Waals surface area contributed by atoms with Gasteiger partial charge in [-0.2, -0.15) is 5.10 Å². The largest absolute Gasteiger partial charge is 0.384 e. The molecule has 3 aliphatic rings. The molecule has 1 unspecified atom stereocenters. The predicted octanol–water partition coefficient (Wildman–Crippen LogP) is 0.225. The average Bonchev–Trinajstić information content (AvgIpc) is 3.28. The third-order valence-corrected chi connectivity index (χ3v) is 6.77. The Hall–Kier alpha value is -3.47. The molecule has 1 aromatic heterocycles. The number of piperidine rings is 1. The highest BCUT2D eigenvalue weighted by Gasteiger charge is 2.41. The van der Waals surface area contributed by atoms with E-state index in [1.165, 1.54) is 17.0 Å². The number of nitrogens with two attached hydrogens (primary N) is 1. The van der Waals surface area contributed by atoms with E-state index in [2.05, 4.69) is 20.2 Å². The summed E-state index contributed by atoms with van der Waals surface area (Å²) in [5.74, 6) is -1.01. The fourth-order valence-corrected chi connectivity index (χ4v) is 4.89. The van der Waals surface area contributed by atoms with E-state index in [4.69, 9.17) is 5.73 Å². The normalized spacial score (nSPS) is 21.5. The van der Waals surface area contributed by atoms with Gasteiger partial charge < -0.3 is 15.5 Å². The highest BCUT2D eigenvalue weighted by atomic mass is 19.1. The molecule has 5 rings (SSSR count). The molecule has 0 radical (unpaired) electrons. The summed E-state index contributed by atoms with van der Waals surface area (Å²) in [5, 5.41) is 6.48. The molecule has 1 aromatic carbocycles. The zero-order chi connectivity index (χ0) is 23.3. The maximum absolute atomic E-state index is 14.5. The van der Waals surface area contributed by atoms with Gasteiger partial charge in [-0.05, 0) is 18.6 Å². The minimum absolute atomic E-state index is 0.182. The van der Waals surface area contributed by atoms with Gasteiger partial charge in [-0.3, -0.25) is 29.3 Å². The number of hydrogen-bond acceptors (Lipinski definition) is 7. The number of aromatic nitrogens is 2. The SMILES string of the molecule is Cn1ncc(CN2CCN(c3cc(F)cc4c3CN(C3CCC(=O)NC3=O)C4=O)CC2)c1N. The summed E-state index contributed by atoms with van der Waals surface area (Å²) >= 11 is 0. The summed E-state index contributed by atoms with van der Waals surface area (Å²) in [6.45, 7) is 3.76. The smallest absolute Gasteiger partial charge is 0.255 e. The molecule has 0 spiro atoms. The van der Waals surface area contributed by atoms with Crippen LogP contribution in [-0.2, 0) is 29.7 Å². The Morgan fingerprint density at radius 1 is 1.18 bits per heavy atom. The van der Waals surface area contributed by atoms with Crippen molar-refractivity contribution >= 4 is 29.2 Å². The molecule has 2 saturated heterocycles. The standard InChI is InChI=1S/C22H26FN7O3/c1-27-20(24)13(10-25-27)11-28-4-6-29(7-5-28)18-9-14(23)8-15-16(18)12-30(22(15)33)17-2-3-19(31)26-21(17)32/h8-10,17H,2-7,11-12,24H2,1H3,(H,26,31,32). The third-order valence-electron chi connectivity index (χ3n) is 6.77. The van der Waals surface area contributed by atoms with Gasteiger partial charge in [0.15, 0.2) is 0 Å². The highest BCUT2D eigenvalue weighted by molar-refractivity contribution is 6.06. The van der Waals surface area contributed by atoms with Crippen molar-refractivity contribution in [1.82, 2.24) is 24.9 Å². The van der Waals surface area contributed by atoms with Crippen LogP contribution in [0, 0.1) is 5.82 Å².